The third-order valence-corrected chi connectivity index (χ3v) is 2.83. The van der Waals surface area contributed by atoms with Crippen LogP contribution in [0, 0.1) is 0 Å². The highest BCUT2D eigenvalue weighted by Gasteiger charge is 2.22. The summed E-state index contributed by atoms with van der Waals surface area (Å²) in [5.74, 6) is 0.182. The van der Waals surface area contributed by atoms with Crippen molar-refractivity contribution in [1.82, 2.24) is 15.2 Å². The molecular formula is C12H17N3O. The summed E-state index contributed by atoms with van der Waals surface area (Å²) in [4.78, 5) is 18.0. The Morgan fingerprint density at radius 1 is 1.62 bits per heavy atom. The van der Waals surface area contributed by atoms with Gasteiger partial charge in [-0.15, -0.1) is 0 Å². The third-order valence-electron chi connectivity index (χ3n) is 2.83. The normalized spacial score (nSPS) is 21.9. The molecule has 1 unspecified atom stereocenters. The van der Waals surface area contributed by atoms with E-state index in [-0.39, 0.29) is 11.9 Å². The molecule has 0 aromatic carbocycles. The van der Waals surface area contributed by atoms with Crippen molar-refractivity contribution in [1.29, 1.82) is 0 Å². The quantitative estimate of drug-likeness (QED) is 0.800. The summed E-state index contributed by atoms with van der Waals surface area (Å²) < 4.78 is 0. The van der Waals surface area contributed by atoms with Crippen LogP contribution in [0.1, 0.15) is 18.9 Å². The highest BCUT2D eigenvalue weighted by molar-refractivity contribution is 5.81. The van der Waals surface area contributed by atoms with Gasteiger partial charge in [-0.1, -0.05) is 6.07 Å². The van der Waals surface area contributed by atoms with E-state index in [0.29, 0.717) is 6.54 Å². The molecule has 86 valence electrons. The molecular weight excluding hydrogens is 202 g/mol. The SMILES string of the molecule is CC1NCCCN(Cc2cccnc2)C1=O. The second kappa shape index (κ2) is 5.07. The highest BCUT2D eigenvalue weighted by Crippen LogP contribution is 2.08. The molecule has 2 heterocycles. The van der Waals surface area contributed by atoms with Crippen LogP contribution >= 0.6 is 0 Å². The zero-order valence-electron chi connectivity index (χ0n) is 9.52. The number of rotatable bonds is 2. The van der Waals surface area contributed by atoms with E-state index in [0.717, 1.165) is 25.1 Å². The Morgan fingerprint density at radius 3 is 3.25 bits per heavy atom. The van der Waals surface area contributed by atoms with Crippen molar-refractivity contribution in [2.24, 2.45) is 0 Å². The smallest absolute Gasteiger partial charge is 0.239 e. The molecule has 4 heteroatoms. The van der Waals surface area contributed by atoms with Crippen LogP contribution in [-0.2, 0) is 11.3 Å². The van der Waals surface area contributed by atoms with Crippen LogP contribution < -0.4 is 5.32 Å². The van der Waals surface area contributed by atoms with Crippen LogP contribution in [0.2, 0.25) is 0 Å². The largest absolute Gasteiger partial charge is 0.337 e. The fourth-order valence-electron chi connectivity index (χ4n) is 1.93. The number of carbonyl (C=O) groups excluding carboxylic acids is 1. The summed E-state index contributed by atoms with van der Waals surface area (Å²) in [6.07, 6.45) is 4.57. The molecule has 0 bridgehead atoms. The van der Waals surface area contributed by atoms with Gasteiger partial charge in [0.2, 0.25) is 5.91 Å². The molecule has 1 aliphatic rings. The van der Waals surface area contributed by atoms with Crippen LogP contribution in [0.25, 0.3) is 0 Å². The number of hydrogen-bond donors (Lipinski definition) is 1. The van der Waals surface area contributed by atoms with E-state index >= 15 is 0 Å². The van der Waals surface area contributed by atoms with E-state index in [9.17, 15) is 4.79 Å². The molecule has 1 aromatic heterocycles. The fourth-order valence-corrected chi connectivity index (χ4v) is 1.93. The summed E-state index contributed by atoms with van der Waals surface area (Å²) in [5, 5.41) is 3.20. The maximum absolute atomic E-state index is 12.0. The molecule has 1 aliphatic heterocycles. The maximum Gasteiger partial charge on any atom is 0.239 e. The van der Waals surface area contributed by atoms with Crippen LogP contribution in [0.4, 0.5) is 0 Å². The topological polar surface area (TPSA) is 45.2 Å². The Kier molecular flexibility index (Phi) is 3.51. The van der Waals surface area contributed by atoms with Crippen LogP contribution in [0.15, 0.2) is 24.5 Å². The third kappa shape index (κ3) is 2.58. The van der Waals surface area contributed by atoms with Gasteiger partial charge in [-0.05, 0) is 31.5 Å². The zero-order valence-corrected chi connectivity index (χ0v) is 9.52. The number of pyridine rings is 1. The Bertz CT molecular complexity index is 353. The lowest BCUT2D eigenvalue weighted by atomic mass is 10.2. The van der Waals surface area contributed by atoms with Gasteiger partial charge >= 0.3 is 0 Å². The van der Waals surface area contributed by atoms with Crippen molar-refractivity contribution >= 4 is 5.91 Å². The first-order valence-corrected chi connectivity index (χ1v) is 5.68. The minimum atomic E-state index is -0.0702. The van der Waals surface area contributed by atoms with Crippen LogP contribution in [-0.4, -0.2) is 34.9 Å². The van der Waals surface area contributed by atoms with Gasteiger partial charge in [0.15, 0.2) is 0 Å². The standard InChI is InChI=1S/C12H17N3O/c1-10-12(16)15(7-3-6-14-10)9-11-4-2-5-13-8-11/h2,4-5,8,10,14H,3,6-7,9H2,1H3. The molecule has 1 amide bonds. The first-order chi connectivity index (χ1) is 7.77. The van der Waals surface area contributed by atoms with E-state index in [2.05, 4.69) is 10.3 Å². The number of carbonyl (C=O) groups is 1. The molecule has 1 saturated heterocycles. The number of hydrogen-bond acceptors (Lipinski definition) is 3. The molecule has 1 atom stereocenters. The molecule has 2 rings (SSSR count). The van der Waals surface area contributed by atoms with Crippen LogP contribution in [0.3, 0.4) is 0 Å². The van der Waals surface area contributed by atoms with Gasteiger partial charge < -0.3 is 10.2 Å². The molecule has 0 radical (unpaired) electrons. The van der Waals surface area contributed by atoms with Crippen LogP contribution in [0.5, 0.6) is 0 Å². The molecule has 1 aromatic rings. The van der Waals surface area contributed by atoms with E-state index in [1.165, 1.54) is 0 Å². The lowest BCUT2D eigenvalue weighted by molar-refractivity contribution is -0.132. The Hall–Kier alpha value is -1.42. The summed E-state index contributed by atoms with van der Waals surface area (Å²) >= 11 is 0. The summed E-state index contributed by atoms with van der Waals surface area (Å²) in [7, 11) is 0. The molecule has 16 heavy (non-hydrogen) atoms. The minimum absolute atomic E-state index is 0.0702. The second-order valence-corrected chi connectivity index (χ2v) is 4.15. The van der Waals surface area contributed by atoms with Gasteiger partial charge in [-0.2, -0.15) is 0 Å². The number of nitrogens with zero attached hydrogens (tertiary/aromatic N) is 2. The van der Waals surface area contributed by atoms with Crippen molar-refractivity contribution in [3.8, 4) is 0 Å². The van der Waals surface area contributed by atoms with Crippen molar-refractivity contribution in [2.45, 2.75) is 25.9 Å². The molecule has 0 saturated carbocycles. The Labute approximate surface area is 95.7 Å². The predicted molar refractivity (Wildman–Crippen MR) is 61.7 cm³/mol. The predicted octanol–water partition coefficient (Wildman–Crippen LogP) is 0.792. The summed E-state index contributed by atoms with van der Waals surface area (Å²) in [5.41, 5.74) is 1.09. The number of nitrogens with one attached hydrogen (secondary N) is 1. The Balaban J connectivity index is 2.05. The molecule has 0 spiro atoms. The van der Waals surface area contributed by atoms with E-state index < -0.39 is 0 Å². The first kappa shape index (κ1) is 11.1. The average Bonchev–Trinajstić information content (AvgIpc) is 2.46. The molecule has 4 nitrogen and oxygen atoms in total. The molecule has 1 fully saturated rings. The van der Waals surface area contributed by atoms with Gasteiger partial charge in [-0.25, -0.2) is 0 Å². The second-order valence-electron chi connectivity index (χ2n) is 4.15. The van der Waals surface area contributed by atoms with Crippen molar-refractivity contribution in [2.75, 3.05) is 13.1 Å². The Morgan fingerprint density at radius 2 is 2.50 bits per heavy atom. The molecule has 1 N–H and O–H groups in total. The van der Waals surface area contributed by atoms with Gasteiger partial charge in [0.25, 0.3) is 0 Å². The minimum Gasteiger partial charge on any atom is -0.337 e. The van der Waals surface area contributed by atoms with Gasteiger partial charge in [0, 0.05) is 25.5 Å². The van der Waals surface area contributed by atoms with E-state index in [1.807, 2.05) is 30.2 Å². The molecule has 0 aliphatic carbocycles. The number of aromatic nitrogens is 1. The van der Waals surface area contributed by atoms with E-state index in [4.69, 9.17) is 0 Å². The van der Waals surface area contributed by atoms with Crippen molar-refractivity contribution in [3.63, 3.8) is 0 Å². The average molecular weight is 219 g/mol. The highest BCUT2D eigenvalue weighted by atomic mass is 16.2. The van der Waals surface area contributed by atoms with Crippen molar-refractivity contribution in [3.05, 3.63) is 30.1 Å². The van der Waals surface area contributed by atoms with Gasteiger partial charge in [0.05, 0.1) is 6.04 Å². The summed E-state index contributed by atoms with van der Waals surface area (Å²) in [6, 6.07) is 3.84. The lowest BCUT2D eigenvalue weighted by Crippen LogP contribution is -2.41. The zero-order chi connectivity index (χ0) is 11.4. The lowest BCUT2D eigenvalue weighted by Gasteiger charge is -2.22. The fraction of sp³-hybridized carbons (Fsp3) is 0.500. The first-order valence-electron chi connectivity index (χ1n) is 5.68. The van der Waals surface area contributed by atoms with Gasteiger partial charge in [-0.3, -0.25) is 9.78 Å². The number of amides is 1. The maximum atomic E-state index is 12.0. The monoisotopic (exact) mass is 219 g/mol. The van der Waals surface area contributed by atoms with Crippen molar-refractivity contribution < 1.29 is 4.79 Å². The van der Waals surface area contributed by atoms with Gasteiger partial charge in [0.1, 0.15) is 0 Å². The summed E-state index contributed by atoms with van der Waals surface area (Å²) in [6.45, 7) is 4.32. The van der Waals surface area contributed by atoms with E-state index in [1.54, 1.807) is 6.20 Å².